The molecule has 204 valence electrons. The molecule has 1 aliphatic carbocycles. The molecule has 2 saturated heterocycles. The van der Waals surface area contributed by atoms with Crippen molar-refractivity contribution < 1.29 is 14.3 Å². The van der Waals surface area contributed by atoms with Crippen LogP contribution in [-0.4, -0.2) is 65.8 Å². The van der Waals surface area contributed by atoms with E-state index < -0.39 is 0 Å². The Morgan fingerprint density at radius 3 is 2.66 bits per heavy atom. The van der Waals surface area contributed by atoms with E-state index in [9.17, 15) is 4.79 Å². The van der Waals surface area contributed by atoms with E-state index in [1.807, 2.05) is 6.92 Å². The average Bonchev–Trinajstić information content (AvgIpc) is 3.26. The number of nitrogens with zero attached hydrogens (tertiary/aromatic N) is 3. The van der Waals surface area contributed by atoms with Gasteiger partial charge >= 0.3 is 0 Å². The molecule has 2 fully saturated rings. The molecule has 1 aromatic heterocycles. The highest BCUT2D eigenvalue weighted by molar-refractivity contribution is 5.99. The van der Waals surface area contributed by atoms with Gasteiger partial charge in [0.2, 0.25) is 0 Å². The molecule has 0 bridgehead atoms. The molecule has 38 heavy (non-hydrogen) atoms. The minimum absolute atomic E-state index is 0.196. The fourth-order valence-corrected chi connectivity index (χ4v) is 6.86. The molecule has 1 unspecified atom stereocenters. The standard InChI is InChI=1S/C32H43N3O3/c1-3-38-27-7-4-24(5-8-27)21-35-30-9-6-25(32(36)33-15-10-23(2)11-16-33)20-28(30)29-22-34(17-12-31(29)35)26-13-18-37-19-14-26/h4,6-9,20,23-24,26H,3,5,10-19,21-22H2,1-2H3. The molecule has 1 atom stereocenters. The van der Waals surface area contributed by atoms with Crippen LogP contribution in [0.5, 0.6) is 0 Å². The van der Waals surface area contributed by atoms with Crippen LogP contribution < -0.4 is 0 Å². The highest BCUT2D eigenvalue weighted by atomic mass is 16.5. The fourth-order valence-electron chi connectivity index (χ4n) is 6.86. The van der Waals surface area contributed by atoms with Gasteiger partial charge in [0.15, 0.2) is 0 Å². The second-order valence-electron chi connectivity index (χ2n) is 11.7. The van der Waals surface area contributed by atoms with Crippen molar-refractivity contribution in [3.8, 4) is 0 Å². The number of hydrogen-bond donors (Lipinski definition) is 0. The smallest absolute Gasteiger partial charge is 0.253 e. The second-order valence-corrected chi connectivity index (χ2v) is 11.7. The van der Waals surface area contributed by atoms with Crippen LogP contribution in [0, 0.1) is 11.8 Å². The predicted octanol–water partition coefficient (Wildman–Crippen LogP) is 5.55. The molecule has 1 aromatic carbocycles. The number of piperidine rings is 1. The number of ether oxygens (including phenoxy) is 2. The van der Waals surface area contributed by atoms with Gasteiger partial charge in [-0.2, -0.15) is 0 Å². The first kappa shape index (κ1) is 25.7. The van der Waals surface area contributed by atoms with Crippen molar-refractivity contribution >= 4 is 16.8 Å². The maximum Gasteiger partial charge on any atom is 0.253 e. The van der Waals surface area contributed by atoms with Crippen molar-refractivity contribution in [3.05, 3.63) is 59.0 Å². The number of rotatable bonds is 6. The summed E-state index contributed by atoms with van der Waals surface area (Å²) in [5, 5.41) is 1.28. The first-order valence-electron chi connectivity index (χ1n) is 14.9. The monoisotopic (exact) mass is 517 g/mol. The molecule has 0 spiro atoms. The van der Waals surface area contributed by atoms with Gasteiger partial charge in [0.25, 0.3) is 5.91 Å². The molecule has 6 nitrogen and oxygen atoms in total. The van der Waals surface area contributed by atoms with Gasteiger partial charge in [0.05, 0.1) is 6.61 Å². The lowest BCUT2D eigenvalue weighted by Gasteiger charge is -2.37. The lowest BCUT2D eigenvalue weighted by molar-refractivity contribution is 0.0289. The number of fused-ring (bicyclic) bond motifs is 3. The quantitative estimate of drug-likeness (QED) is 0.504. The number of allylic oxidation sites excluding steroid dienone is 3. The van der Waals surface area contributed by atoms with E-state index >= 15 is 0 Å². The van der Waals surface area contributed by atoms with Gasteiger partial charge in [0.1, 0.15) is 5.76 Å². The van der Waals surface area contributed by atoms with E-state index in [4.69, 9.17) is 9.47 Å². The number of benzene rings is 1. The Balaban J connectivity index is 1.31. The number of hydrogen-bond acceptors (Lipinski definition) is 4. The number of amides is 1. The Morgan fingerprint density at radius 1 is 1.11 bits per heavy atom. The van der Waals surface area contributed by atoms with Crippen LogP contribution in [0.25, 0.3) is 10.9 Å². The number of carbonyl (C=O) groups excluding carboxylic acids is 1. The minimum atomic E-state index is 0.196. The Morgan fingerprint density at radius 2 is 1.92 bits per heavy atom. The van der Waals surface area contributed by atoms with Crippen LogP contribution in [0.4, 0.5) is 0 Å². The van der Waals surface area contributed by atoms with E-state index in [-0.39, 0.29) is 5.91 Å². The lowest BCUT2D eigenvalue weighted by Crippen LogP contribution is -2.42. The molecule has 0 saturated carbocycles. The Labute approximate surface area is 227 Å². The summed E-state index contributed by atoms with van der Waals surface area (Å²) in [6.07, 6.45) is 13.2. The van der Waals surface area contributed by atoms with Crippen LogP contribution in [0.15, 0.2) is 42.2 Å². The molecule has 1 amide bonds. The largest absolute Gasteiger partial charge is 0.494 e. The summed E-state index contributed by atoms with van der Waals surface area (Å²) in [7, 11) is 0. The Kier molecular flexibility index (Phi) is 7.62. The third-order valence-corrected chi connectivity index (χ3v) is 9.19. The minimum Gasteiger partial charge on any atom is -0.494 e. The topological polar surface area (TPSA) is 46.9 Å². The molecule has 6 heteroatoms. The summed E-state index contributed by atoms with van der Waals surface area (Å²) in [5.74, 6) is 2.35. The molecular weight excluding hydrogens is 474 g/mol. The first-order chi connectivity index (χ1) is 18.6. The molecule has 6 rings (SSSR count). The Bertz CT molecular complexity index is 1210. The molecule has 0 radical (unpaired) electrons. The van der Waals surface area contributed by atoms with Crippen molar-refractivity contribution in [2.45, 2.75) is 71.5 Å². The van der Waals surface area contributed by atoms with Crippen LogP contribution in [0.1, 0.15) is 67.6 Å². The van der Waals surface area contributed by atoms with Gasteiger partial charge in [-0.05, 0) is 86.8 Å². The average molecular weight is 518 g/mol. The third-order valence-electron chi connectivity index (χ3n) is 9.19. The molecule has 0 N–H and O–H groups in total. The highest BCUT2D eigenvalue weighted by Gasteiger charge is 2.30. The van der Waals surface area contributed by atoms with Gasteiger partial charge in [-0.25, -0.2) is 0 Å². The van der Waals surface area contributed by atoms with Crippen LogP contribution in [0.2, 0.25) is 0 Å². The molecule has 2 aromatic rings. The number of aromatic nitrogens is 1. The van der Waals surface area contributed by atoms with Crippen LogP contribution >= 0.6 is 0 Å². The molecule has 4 aliphatic rings. The fraction of sp³-hybridized carbons (Fsp3) is 0.594. The van der Waals surface area contributed by atoms with Crippen LogP contribution in [0.3, 0.4) is 0 Å². The first-order valence-corrected chi connectivity index (χ1v) is 14.9. The van der Waals surface area contributed by atoms with E-state index in [0.29, 0.717) is 24.5 Å². The van der Waals surface area contributed by atoms with E-state index in [1.165, 1.54) is 22.2 Å². The van der Waals surface area contributed by atoms with Gasteiger partial charge in [-0.15, -0.1) is 0 Å². The normalized spacial score (nSPS) is 23.5. The summed E-state index contributed by atoms with van der Waals surface area (Å²) in [5.41, 5.74) is 5.02. The SMILES string of the molecule is CCOC1=CCC(Cn2c3c(c4cc(C(=O)N5CCC(C)CC5)ccc42)CN(C2CCOCC2)CC3)C=C1. The van der Waals surface area contributed by atoms with E-state index in [2.05, 4.69) is 57.7 Å². The van der Waals surface area contributed by atoms with E-state index in [1.54, 1.807) is 0 Å². The summed E-state index contributed by atoms with van der Waals surface area (Å²) >= 11 is 0. The van der Waals surface area contributed by atoms with Gasteiger partial charge in [0, 0.05) is 80.6 Å². The third kappa shape index (κ3) is 5.17. The number of carbonyl (C=O) groups is 1. The molecule has 4 heterocycles. The van der Waals surface area contributed by atoms with Gasteiger partial charge in [-0.3, -0.25) is 9.69 Å². The Hall–Kier alpha value is -2.57. The van der Waals surface area contributed by atoms with Crippen molar-refractivity contribution in [2.75, 3.05) is 39.5 Å². The zero-order valence-corrected chi connectivity index (χ0v) is 23.2. The summed E-state index contributed by atoms with van der Waals surface area (Å²) in [6, 6.07) is 7.10. The zero-order valence-electron chi connectivity index (χ0n) is 23.2. The summed E-state index contributed by atoms with van der Waals surface area (Å²) in [6.45, 7) is 11.6. The van der Waals surface area contributed by atoms with Crippen LogP contribution in [-0.2, 0) is 29.0 Å². The van der Waals surface area contributed by atoms with Crippen molar-refractivity contribution in [2.24, 2.45) is 11.8 Å². The zero-order chi connectivity index (χ0) is 26.1. The maximum atomic E-state index is 13.5. The lowest BCUT2D eigenvalue weighted by atomic mass is 9.97. The maximum absolute atomic E-state index is 13.5. The van der Waals surface area contributed by atoms with Crippen molar-refractivity contribution in [3.63, 3.8) is 0 Å². The molecule has 3 aliphatic heterocycles. The predicted molar refractivity (Wildman–Crippen MR) is 151 cm³/mol. The number of likely N-dealkylation sites (tertiary alicyclic amines) is 1. The molecular formula is C32H43N3O3. The van der Waals surface area contributed by atoms with Crippen molar-refractivity contribution in [1.82, 2.24) is 14.4 Å². The summed E-state index contributed by atoms with van der Waals surface area (Å²) in [4.78, 5) is 18.2. The van der Waals surface area contributed by atoms with E-state index in [0.717, 1.165) is 95.8 Å². The van der Waals surface area contributed by atoms with Gasteiger partial charge < -0.3 is 18.9 Å². The highest BCUT2D eigenvalue weighted by Crippen LogP contribution is 2.35. The van der Waals surface area contributed by atoms with Gasteiger partial charge in [-0.1, -0.05) is 13.0 Å². The van der Waals surface area contributed by atoms with Crippen molar-refractivity contribution in [1.29, 1.82) is 0 Å². The summed E-state index contributed by atoms with van der Waals surface area (Å²) < 4.78 is 13.9. The second kappa shape index (κ2) is 11.3.